The van der Waals surface area contributed by atoms with Crippen molar-refractivity contribution < 1.29 is 22.7 Å². The van der Waals surface area contributed by atoms with Crippen molar-refractivity contribution in [1.29, 1.82) is 0 Å². The highest BCUT2D eigenvalue weighted by Crippen LogP contribution is 2.39. The molecular weight excluding hydrogens is 459 g/mol. The molecule has 3 aromatic rings. The molecule has 1 aromatic heterocycles. The number of hydrogen-bond acceptors (Lipinski definition) is 6. The Morgan fingerprint density at radius 1 is 1.20 bits per heavy atom. The summed E-state index contributed by atoms with van der Waals surface area (Å²) in [5.74, 6) is -2.23. The van der Waals surface area contributed by atoms with Crippen LogP contribution < -0.4 is 20.7 Å². The summed E-state index contributed by atoms with van der Waals surface area (Å²) in [6.07, 6.45) is 2.03. The first kappa shape index (κ1) is 24.3. The van der Waals surface area contributed by atoms with Gasteiger partial charge in [-0.3, -0.25) is 4.79 Å². The molecule has 2 aromatic carbocycles. The molecule has 7 nitrogen and oxygen atoms in total. The Labute approximate surface area is 201 Å². The number of amides is 1. The Balaban J connectivity index is 1.64. The Morgan fingerprint density at radius 2 is 2.00 bits per heavy atom. The van der Waals surface area contributed by atoms with Crippen molar-refractivity contribution >= 4 is 23.2 Å². The van der Waals surface area contributed by atoms with Gasteiger partial charge >= 0.3 is 0 Å². The van der Waals surface area contributed by atoms with Gasteiger partial charge in [-0.1, -0.05) is 13.0 Å². The number of hydrogen-bond donors (Lipinski definition) is 2. The van der Waals surface area contributed by atoms with Crippen LogP contribution in [-0.4, -0.2) is 35.1 Å². The van der Waals surface area contributed by atoms with E-state index >= 15 is 0 Å². The van der Waals surface area contributed by atoms with Crippen LogP contribution >= 0.6 is 0 Å². The number of halogens is 3. The van der Waals surface area contributed by atoms with Crippen LogP contribution in [0.2, 0.25) is 0 Å². The molecule has 0 fully saturated rings. The third-order valence-corrected chi connectivity index (χ3v) is 6.00. The lowest BCUT2D eigenvalue weighted by atomic mass is 10.1. The minimum absolute atomic E-state index is 0.0128. The summed E-state index contributed by atoms with van der Waals surface area (Å²) >= 11 is 0. The van der Waals surface area contributed by atoms with E-state index in [0.29, 0.717) is 30.1 Å². The zero-order valence-corrected chi connectivity index (χ0v) is 19.4. The van der Waals surface area contributed by atoms with Crippen molar-refractivity contribution in [3.8, 4) is 17.0 Å². The average Bonchev–Trinajstić information content (AvgIpc) is 2.83. The first-order valence-electron chi connectivity index (χ1n) is 11.4. The molecule has 35 heavy (non-hydrogen) atoms. The second-order valence-corrected chi connectivity index (χ2v) is 8.39. The van der Waals surface area contributed by atoms with Gasteiger partial charge < -0.3 is 20.7 Å². The van der Waals surface area contributed by atoms with Crippen LogP contribution in [0.15, 0.2) is 36.5 Å². The van der Waals surface area contributed by atoms with Crippen LogP contribution in [0.3, 0.4) is 0 Å². The highest BCUT2D eigenvalue weighted by atomic mass is 19.1. The summed E-state index contributed by atoms with van der Waals surface area (Å²) in [4.78, 5) is 21.1. The number of nitrogens with zero attached hydrogens (tertiary/aromatic N) is 3. The largest absolute Gasteiger partial charge is 0.486 e. The quantitative estimate of drug-likeness (QED) is 0.480. The number of nitrogens with two attached hydrogens (primary N) is 1. The van der Waals surface area contributed by atoms with Crippen molar-refractivity contribution in [2.45, 2.75) is 39.2 Å². The number of primary amides is 1. The Hall–Kier alpha value is -3.82. The number of anilines is 3. The molecule has 1 aliphatic rings. The molecular formula is C25H26F3N5O2. The van der Waals surface area contributed by atoms with Crippen LogP contribution in [0, 0.1) is 17.5 Å². The molecule has 1 aliphatic heterocycles. The maximum absolute atomic E-state index is 14.9. The molecule has 1 amide bonds. The van der Waals surface area contributed by atoms with E-state index in [1.807, 2.05) is 18.7 Å². The van der Waals surface area contributed by atoms with E-state index in [1.54, 1.807) is 12.1 Å². The third-order valence-electron chi connectivity index (χ3n) is 6.00. The van der Waals surface area contributed by atoms with E-state index in [-0.39, 0.29) is 41.8 Å². The number of nitrogens with one attached hydrogen (secondary N) is 1. The van der Waals surface area contributed by atoms with Gasteiger partial charge in [-0.05, 0) is 49.6 Å². The lowest BCUT2D eigenvalue weighted by molar-refractivity contribution is -0.118. The number of carbonyl (C=O) groups excluding carboxylic acids is 1. The first-order chi connectivity index (χ1) is 16.8. The highest BCUT2D eigenvalue weighted by molar-refractivity contribution is 5.74. The molecule has 0 radical (unpaired) electrons. The molecule has 10 heteroatoms. The molecule has 184 valence electrons. The number of benzene rings is 2. The first-order valence-corrected chi connectivity index (χ1v) is 11.4. The van der Waals surface area contributed by atoms with Gasteiger partial charge in [-0.25, -0.2) is 23.1 Å². The van der Waals surface area contributed by atoms with Crippen LogP contribution in [0.25, 0.3) is 11.3 Å². The van der Waals surface area contributed by atoms with Crippen LogP contribution in [-0.2, 0) is 11.2 Å². The fourth-order valence-corrected chi connectivity index (χ4v) is 3.96. The Bertz CT molecular complexity index is 1250. The van der Waals surface area contributed by atoms with Gasteiger partial charge in [-0.2, -0.15) is 0 Å². The molecule has 0 spiro atoms. The average molecular weight is 486 g/mol. The zero-order valence-electron chi connectivity index (χ0n) is 19.4. The fraction of sp³-hybridized carbons (Fsp3) is 0.320. The Morgan fingerprint density at radius 3 is 2.71 bits per heavy atom. The standard InChI is InChI=1S/C25H26F3N5O2/c1-3-14(2)33-8-9-35-24-19(27)10-16(11-21(24)33)23-20(28)13-30-25(32-23)31-17-6-4-15(18(26)12-17)5-7-22(29)34/h4,6,10-14H,3,5,7-9H2,1-2H3,(H2,29,34)(H,30,31,32). The number of rotatable bonds is 8. The maximum atomic E-state index is 14.9. The summed E-state index contributed by atoms with van der Waals surface area (Å²) in [7, 11) is 0. The van der Waals surface area contributed by atoms with Crippen molar-refractivity contribution in [2.24, 2.45) is 5.73 Å². The molecule has 1 unspecified atom stereocenters. The minimum atomic E-state index is -0.727. The Kier molecular flexibility index (Phi) is 7.09. The zero-order chi connectivity index (χ0) is 25.1. The molecule has 0 bridgehead atoms. The summed E-state index contributed by atoms with van der Waals surface area (Å²) in [6, 6.07) is 7.32. The molecule has 4 rings (SSSR count). The van der Waals surface area contributed by atoms with Gasteiger partial charge in [-0.15, -0.1) is 0 Å². The van der Waals surface area contributed by atoms with Crippen molar-refractivity contribution in [1.82, 2.24) is 9.97 Å². The van der Waals surface area contributed by atoms with Crippen LogP contribution in [0.5, 0.6) is 5.75 Å². The summed E-state index contributed by atoms with van der Waals surface area (Å²) in [6.45, 7) is 5.02. The van der Waals surface area contributed by atoms with E-state index in [1.165, 1.54) is 18.2 Å². The van der Waals surface area contributed by atoms with Gasteiger partial charge in [0, 0.05) is 23.7 Å². The number of aromatic nitrogens is 2. The predicted molar refractivity (Wildman–Crippen MR) is 127 cm³/mol. The molecule has 1 atom stereocenters. The highest BCUT2D eigenvalue weighted by Gasteiger charge is 2.26. The van der Waals surface area contributed by atoms with E-state index in [9.17, 15) is 18.0 Å². The predicted octanol–water partition coefficient (Wildman–Crippen LogP) is 4.72. The second kappa shape index (κ2) is 10.2. The molecule has 0 aliphatic carbocycles. The normalized spacial score (nSPS) is 13.7. The number of carbonyl (C=O) groups is 1. The van der Waals surface area contributed by atoms with E-state index in [0.717, 1.165) is 12.6 Å². The number of aryl methyl sites for hydroxylation is 1. The van der Waals surface area contributed by atoms with Gasteiger partial charge in [0.05, 0.1) is 18.4 Å². The smallest absolute Gasteiger partial charge is 0.227 e. The number of ether oxygens (including phenoxy) is 1. The number of fused-ring (bicyclic) bond motifs is 1. The van der Waals surface area contributed by atoms with Gasteiger partial charge in [0.15, 0.2) is 17.4 Å². The van der Waals surface area contributed by atoms with Gasteiger partial charge in [0.1, 0.15) is 18.1 Å². The SMILES string of the molecule is CCC(C)N1CCOc2c(F)cc(-c3nc(Nc4ccc(CCC(N)=O)c(F)c4)ncc3F)cc21. The maximum Gasteiger partial charge on any atom is 0.227 e. The van der Waals surface area contributed by atoms with E-state index in [4.69, 9.17) is 10.5 Å². The topological polar surface area (TPSA) is 93.4 Å². The van der Waals surface area contributed by atoms with Gasteiger partial charge in [0.2, 0.25) is 11.9 Å². The summed E-state index contributed by atoms with van der Waals surface area (Å²) in [5, 5.41) is 2.84. The molecule has 2 heterocycles. The van der Waals surface area contributed by atoms with Gasteiger partial charge in [0.25, 0.3) is 0 Å². The van der Waals surface area contributed by atoms with E-state index < -0.39 is 23.4 Å². The molecule has 0 saturated heterocycles. The molecule has 0 saturated carbocycles. The molecule has 3 N–H and O–H groups in total. The summed E-state index contributed by atoms with van der Waals surface area (Å²) in [5.41, 5.74) is 6.47. The van der Waals surface area contributed by atoms with E-state index in [2.05, 4.69) is 15.3 Å². The lowest BCUT2D eigenvalue weighted by Crippen LogP contribution is -2.39. The van der Waals surface area contributed by atoms with Crippen molar-refractivity contribution in [3.63, 3.8) is 0 Å². The lowest BCUT2D eigenvalue weighted by Gasteiger charge is -2.36. The fourth-order valence-electron chi connectivity index (χ4n) is 3.96. The third kappa shape index (κ3) is 5.31. The van der Waals surface area contributed by atoms with Crippen molar-refractivity contribution in [2.75, 3.05) is 23.4 Å². The monoisotopic (exact) mass is 485 g/mol. The van der Waals surface area contributed by atoms with Crippen molar-refractivity contribution in [3.05, 3.63) is 59.5 Å². The summed E-state index contributed by atoms with van der Waals surface area (Å²) < 4.78 is 49.6. The van der Waals surface area contributed by atoms with Crippen LogP contribution in [0.1, 0.15) is 32.3 Å². The minimum Gasteiger partial charge on any atom is -0.486 e. The second-order valence-electron chi connectivity index (χ2n) is 8.39. The van der Waals surface area contributed by atoms with Crippen LogP contribution in [0.4, 0.5) is 30.5 Å².